The second-order valence-electron chi connectivity index (χ2n) is 18.1. The van der Waals surface area contributed by atoms with Crippen LogP contribution >= 0.6 is 0 Å². The van der Waals surface area contributed by atoms with E-state index in [1.807, 2.05) is 20.8 Å². The maximum absolute atomic E-state index is 15.0. The molecule has 2 heterocycles. The normalized spacial score (nSPS) is 27.4. The number of aromatic nitrogens is 2. The van der Waals surface area contributed by atoms with Crippen molar-refractivity contribution in [3.05, 3.63) is 24.3 Å². The first-order valence-corrected chi connectivity index (χ1v) is 19.5. The molecular weight excluding hydrogens is 662 g/mol. The number of rotatable bonds is 12. The summed E-state index contributed by atoms with van der Waals surface area (Å²) in [7, 11) is 0. The first-order valence-electron chi connectivity index (χ1n) is 19.5. The third-order valence-electron chi connectivity index (χ3n) is 14.1. The van der Waals surface area contributed by atoms with Gasteiger partial charge in [0.2, 0.25) is 23.6 Å². The van der Waals surface area contributed by atoms with E-state index in [-0.39, 0.29) is 39.7 Å². The van der Waals surface area contributed by atoms with Gasteiger partial charge in [-0.25, -0.2) is 4.98 Å². The summed E-state index contributed by atoms with van der Waals surface area (Å²) in [6, 6.07) is -3.62. The number of carbonyl (C=O) groups excluding carboxylic acids is 5. The Hall–Kier alpha value is -3.61. The second kappa shape index (κ2) is 14.3. The molecule has 0 aromatic carbocycles. The molecule has 0 bridgehead atoms. The van der Waals surface area contributed by atoms with Gasteiger partial charge in [-0.2, -0.15) is 0 Å². The lowest BCUT2D eigenvalue weighted by molar-refractivity contribution is -0.145. The summed E-state index contributed by atoms with van der Waals surface area (Å²) in [5.41, 5.74) is 4.53. The molecule has 1 saturated heterocycles. The van der Waals surface area contributed by atoms with Gasteiger partial charge >= 0.3 is 0 Å². The molecule has 5 aliphatic rings. The van der Waals surface area contributed by atoms with E-state index in [1.54, 1.807) is 4.90 Å². The van der Waals surface area contributed by atoms with E-state index in [9.17, 15) is 29.1 Å². The highest BCUT2D eigenvalue weighted by Gasteiger charge is 2.85. The molecule has 6 atom stereocenters. The number of aliphatic hydroxyl groups is 1. The van der Waals surface area contributed by atoms with Gasteiger partial charge in [-0.3, -0.25) is 29.0 Å². The zero-order valence-electron chi connectivity index (χ0n) is 31.6. The molecule has 5 amide bonds. The number of nitrogens with zero attached hydrogens (tertiary/aromatic N) is 3. The van der Waals surface area contributed by atoms with Crippen LogP contribution in [0.5, 0.6) is 0 Å². The summed E-state index contributed by atoms with van der Waals surface area (Å²) < 4.78 is 0. The lowest BCUT2D eigenvalue weighted by atomic mass is 9.73. The highest BCUT2D eigenvalue weighted by molar-refractivity contribution is 5.98. The molecule has 1 aliphatic heterocycles. The van der Waals surface area contributed by atoms with E-state index in [4.69, 9.17) is 5.73 Å². The van der Waals surface area contributed by atoms with Crippen LogP contribution in [0.2, 0.25) is 0 Å². The van der Waals surface area contributed by atoms with Crippen LogP contribution < -0.4 is 21.7 Å². The van der Waals surface area contributed by atoms with Gasteiger partial charge in [0.05, 0.1) is 12.2 Å². The summed E-state index contributed by atoms with van der Waals surface area (Å²) in [5, 5.41) is 19.7. The molecule has 6 N–H and O–H groups in total. The molecule has 1 aromatic heterocycles. The van der Waals surface area contributed by atoms with Crippen LogP contribution in [0, 0.1) is 33.5 Å². The number of hydrogen-bond acceptors (Lipinski definition) is 8. The van der Waals surface area contributed by atoms with E-state index in [0.29, 0.717) is 19.4 Å². The maximum Gasteiger partial charge on any atom is 0.272 e. The zero-order valence-corrected chi connectivity index (χ0v) is 31.6. The van der Waals surface area contributed by atoms with Crippen LogP contribution in [-0.2, 0) is 19.2 Å². The van der Waals surface area contributed by atoms with Crippen molar-refractivity contribution in [2.24, 2.45) is 39.2 Å². The molecule has 4 saturated carbocycles. The van der Waals surface area contributed by atoms with Crippen molar-refractivity contribution in [1.82, 2.24) is 30.8 Å². The van der Waals surface area contributed by atoms with Crippen molar-refractivity contribution in [1.29, 1.82) is 0 Å². The average molecular weight is 722 g/mol. The van der Waals surface area contributed by atoms with Crippen LogP contribution in [0.25, 0.3) is 0 Å². The Morgan fingerprint density at radius 2 is 1.63 bits per heavy atom. The van der Waals surface area contributed by atoms with E-state index < -0.39 is 59.3 Å². The van der Waals surface area contributed by atoms with Gasteiger partial charge in [0.1, 0.15) is 23.8 Å². The van der Waals surface area contributed by atoms with Crippen molar-refractivity contribution in [3.63, 3.8) is 0 Å². The van der Waals surface area contributed by atoms with Crippen molar-refractivity contribution >= 4 is 29.5 Å². The van der Waals surface area contributed by atoms with Crippen LogP contribution in [0.3, 0.4) is 0 Å². The number of nitrogens with two attached hydrogens (primary N) is 1. The van der Waals surface area contributed by atoms with Crippen LogP contribution in [0.4, 0.5) is 0 Å². The number of amides is 5. The Morgan fingerprint density at radius 1 is 0.942 bits per heavy atom. The monoisotopic (exact) mass is 721 g/mol. The minimum absolute atomic E-state index is 0.0306. The van der Waals surface area contributed by atoms with Crippen molar-refractivity contribution in [2.75, 3.05) is 6.54 Å². The summed E-state index contributed by atoms with van der Waals surface area (Å²) in [4.78, 5) is 78.9. The van der Waals surface area contributed by atoms with Crippen molar-refractivity contribution in [3.8, 4) is 0 Å². The SMILES string of the molecule is CC(C)(C)[C@H](NC(=O)[C@@H](NC(=O)c1cnccn1)C1CCCCC1)C(=O)N1C[C@]2(C[C@H]1C(=O)NC(CC1CCC1)C(O)C(N)=O)C(C)(C)C21CCC1. The predicted molar refractivity (Wildman–Crippen MR) is 193 cm³/mol. The van der Waals surface area contributed by atoms with Gasteiger partial charge in [0.15, 0.2) is 6.10 Å². The average Bonchev–Trinajstić information content (AvgIpc) is 3.28. The lowest BCUT2D eigenvalue weighted by Crippen LogP contribution is -2.62. The largest absolute Gasteiger partial charge is 0.381 e. The molecule has 2 unspecified atom stereocenters. The van der Waals surface area contributed by atoms with Crippen LogP contribution in [0.15, 0.2) is 18.6 Å². The van der Waals surface area contributed by atoms with Crippen molar-refractivity contribution < 1.29 is 29.1 Å². The Balaban J connectivity index is 1.27. The number of nitrogens with one attached hydrogen (secondary N) is 3. The molecule has 286 valence electrons. The summed E-state index contributed by atoms with van der Waals surface area (Å²) in [6.07, 6.45) is 14.2. The molecule has 52 heavy (non-hydrogen) atoms. The Morgan fingerprint density at radius 3 is 2.15 bits per heavy atom. The maximum atomic E-state index is 15.0. The van der Waals surface area contributed by atoms with Gasteiger partial charge in [0.25, 0.3) is 5.91 Å². The van der Waals surface area contributed by atoms with Crippen molar-refractivity contribution in [2.45, 2.75) is 148 Å². The number of likely N-dealkylation sites (tertiary alicyclic amines) is 1. The molecule has 5 fully saturated rings. The molecule has 0 radical (unpaired) electrons. The molecule has 6 rings (SSSR count). The molecular formula is C39H59N7O6. The minimum Gasteiger partial charge on any atom is -0.381 e. The summed E-state index contributed by atoms with van der Waals surface area (Å²) >= 11 is 0. The molecule has 2 spiro atoms. The number of fused-ring (bicyclic) bond motifs is 1. The first kappa shape index (κ1) is 38.1. The third kappa shape index (κ3) is 6.71. The van der Waals surface area contributed by atoms with Gasteiger partial charge in [-0.1, -0.05) is 79.6 Å². The second-order valence-corrected chi connectivity index (χ2v) is 18.1. The summed E-state index contributed by atoms with van der Waals surface area (Å²) in [6.45, 7) is 10.5. The fourth-order valence-electron chi connectivity index (χ4n) is 10.4. The Bertz CT molecular complexity index is 1530. The predicted octanol–water partition coefficient (Wildman–Crippen LogP) is 3.00. The number of carbonyl (C=O) groups is 5. The molecule has 1 aromatic rings. The minimum atomic E-state index is -1.55. The fraction of sp³-hybridized carbons (Fsp3) is 0.769. The topological polar surface area (TPSA) is 197 Å². The van der Waals surface area contributed by atoms with E-state index in [0.717, 1.165) is 70.6 Å². The van der Waals surface area contributed by atoms with Crippen LogP contribution in [-0.4, -0.2) is 86.3 Å². The molecule has 4 aliphatic carbocycles. The number of hydrogen-bond donors (Lipinski definition) is 5. The van der Waals surface area contributed by atoms with E-state index in [1.165, 1.54) is 18.6 Å². The van der Waals surface area contributed by atoms with Gasteiger partial charge < -0.3 is 31.7 Å². The van der Waals surface area contributed by atoms with Crippen LogP contribution in [0.1, 0.15) is 129 Å². The highest BCUT2D eigenvalue weighted by atomic mass is 16.3. The van der Waals surface area contributed by atoms with Gasteiger partial charge in [0, 0.05) is 24.4 Å². The first-order chi connectivity index (χ1) is 24.5. The van der Waals surface area contributed by atoms with E-state index >= 15 is 0 Å². The fourth-order valence-corrected chi connectivity index (χ4v) is 10.4. The molecule has 13 nitrogen and oxygen atoms in total. The third-order valence-corrected chi connectivity index (χ3v) is 14.1. The van der Waals surface area contributed by atoms with E-state index in [2.05, 4.69) is 39.8 Å². The number of primary amides is 1. The standard InChI is InChI=1S/C39H59N7O6/c1-36(2,3)30(45-34(51)28(24-13-7-6-8-14-24)44-32(49)26-21-41-17-18-42-26)35(52)46-22-39(37(4,5)38(39)15-10-16-38)20-27(46)33(50)43-25(29(47)31(40)48)19-23-11-9-12-23/h17-18,21,23-25,27-30,47H,6-16,19-20,22H2,1-5H3,(H2,40,48)(H,43,50)(H,44,49)(H,45,51)/t25?,27-,28-,29?,30+,39+/m0/s1. The molecule has 13 heteroatoms. The Labute approximate surface area is 307 Å². The summed E-state index contributed by atoms with van der Waals surface area (Å²) in [5.74, 6) is -2.46. The smallest absolute Gasteiger partial charge is 0.272 e. The quantitative estimate of drug-likeness (QED) is 0.217. The zero-order chi connectivity index (χ0) is 37.6. The lowest BCUT2D eigenvalue weighted by Gasteiger charge is -2.38. The van der Waals surface area contributed by atoms with Gasteiger partial charge in [-0.15, -0.1) is 0 Å². The Kier molecular flexibility index (Phi) is 10.5. The van der Waals surface area contributed by atoms with Gasteiger partial charge in [-0.05, 0) is 66.6 Å². The highest BCUT2D eigenvalue weighted by Crippen LogP contribution is 2.88. The number of aliphatic hydroxyl groups excluding tert-OH is 1.